The van der Waals surface area contributed by atoms with Crippen LogP contribution in [0.5, 0.6) is 0 Å². The number of likely N-dealkylation sites (tertiary alicyclic amines) is 1. The molecule has 1 aliphatic rings. The van der Waals surface area contributed by atoms with Gasteiger partial charge in [-0.3, -0.25) is 10.00 Å². The molecule has 1 aliphatic heterocycles. The van der Waals surface area contributed by atoms with E-state index in [0.29, 0.717) is 25.2 Å². The zero-order valence-corrected chi connectivity index (χ0v) is 10.4. The lowest BCUT2D eigenvalue weighted by Crippen LogP contribution is -2.42. The van der Waals surface area contributed by atoms with Crippen LogP contribution in [0.15, 0.2) is 6.07 Å². The Balaban J connectivity index is 2.05. The molecule has 1 aromatic rings. The number of carboxylic acids is 1. The van der Waals surface area contributed by atoms with Crippen LogP contribution >= 0.6 is 0 Å². The normalized spacial score (nSPS) is 19.0. The minimum atomic E-state index is -0.958. The Morgan fingerprint density at radius 3 is 2.83 bits per heavy atom. The maximum atomic E-state index is 12.0. The van der Waals surface area contributed by atoms with E-state index in [2.05, 4.69) is 10.4 Å². The van der Waals surface area contributed by atoms with E-state index >= 15 is 0 Å². The smallest absolute Gasteiger partial charge is 0.326 e. The van der Waals surface area contributed by atoms with E-state index < -0.39 is 18.0 Å². The number of carboxylic acid groups (broad SMARTS) is 1. The van der Waals surface area contributed by atoms with Crippen LogP contribution in [0, 0.1) is 6.92 Å². The molecule has 2 amide bonds. The molecule has 2 rings (SSSR count). The van der Waals surface area contributed by atoms with E-state index in [-0.39, 0.29) is 0 Å². The second-order valence-corrected chi connectivity index (χ2v) is 4.41. The lowest BCUT2D eigenvalue weighted by atomic mass is 10.2. The summed E-state index contributed by atoms with van der Waals surface area (Å²) in [6, 6.07) is 0.608. The number of carbonyl (C=O) groups is 2. The number of rotatable bonds is 2. The third kappa shape index (κ3) is 2.29. The fraction of sp³-hybridized carbons (Fsp3) is 0.545. The van der Waals surface area contributed by atoms with Gasteiger partial charge in [-0.15, -0.1) is 0 Å². The number of aryl methyl sites for hydroxylation is 2. The minimum Gasteiger partial charge on any atom is -0.480 e. The third-order valence-electron chi connectivity index (χ3n) is 3.15. The predicted octanol–water partition coefficient (Wildman–Crippen LogP) is 0.809. The molecule has 0 bridgehead atoms. The van der Waals surface area contributed by atoms with Crippen LogP contribution < -0.4 is 5.32 Å². The van der Waals surface area contributed by atoms with Gasteiger partial charge >= 0.3 is 12.0 Å². The molecule has 98 valence electrons. The van der Waals surface area contributed by atoms with E-state index in [0.717, 1.165) is 5.69 Å². The van der Waals surface area contributed by atoms with Crippen molar-refractivity contribution in [3.8, 4) is 0 Å². The molecule has 2 heterocycles. The van der Waals surface area contributed by atoms with Crippen LogP contribution in [0.4, 0.5) is 10.6 Å². The van der Waals surface area contributed by atoms with Gasteiger partial charge in [0.15, 0.2) is 5.82 Å². The van der Waals surface area contributed by atoms with Gasteiger partial charge in [-0.05, 0) is 19.8 Å². The van der Waals surface area contributed by atoms with Gasteiger partial charge in [0.05, 0.1) is 0 Å². The average molecular weight is 252 g/mol. The first kappa shape index (κ1) is 12.4. The number of aromatic nitrogens is 2. The van der Waals surface area contributed by atoms with E-state index in [1.54, 1.807) is 17.8 Å². The van der Waals surface area contributed by atoms with Crippen LogP contribution in [-0.4, -0.2) is 44.4 Å². The summed E-state index contributed by atoms with van der Waals surface area (Å²) in [5, 5.41) is 15.7. The number of nitrogens with one attached hydrogen (secondary N) is 1. The van der Waals surface area contributed by atoms with Crippen LogP contribution in [0.2, 0.25) is 0 Å². The van der Waals surface area contributed by atoms with Crippen molar-refractivity contribution in [3.05, 3.63) is 11.8 Å². The lowest BCUT2D eigenvalue weighted by Gasteiger charge is -2.20. The Morgan fingerprint density at radius 2 is 2.28 bits per heavy atom. The van der Waals surface area contributed by atoms with Crippen molar-refractivity contribution in [1.82, 2.24) is 14.7 Å². The number of urea groups is 1. The molecular formula is C11H16N4O3. The number of anilines is 1. The highest BCUT2D eigenvalue weighted by molar-refractivity contribution is 5.92. The maximum absolute atomic E-state index is 12.0. The van der Waals surface area contributed by atoms with Crippen LogP contribution in [0.3, 0.4) is 0 Å². The third-order valence-corrected chi connectivity index (χ3v) is 3.15. The number of aliphatic carboxylic acids is 1. The molecule has 1 atom stereocenters. The fourth-order valence-electron chi connectivity index (χ4n) is 2.07. The Bertz CT molecular complexity index is 463. The first-order chi connectivity index (χ1) is 8.49. The monoisotopic (exact) mass is 252 g/mol. The number of hydrogen-bond acceptors (Lipinski definition) is 3. The number of amides is 2. The predicted molar refractivity (Wildman–Crippen MR) is 64.3 cm³/mol. The highest BCUT2D eigenvalue weighted by atomic mass is 16.4. The maximum Gasteiger partial charge on any atom is 0.326 e. The molecule has 1 fully saturated rings. The second-order valence-electron chi connectivity index (χ2n) is 4.41. The van der Waals surface area contributed by atoms with E-state index in [1.807, 2.05) is 6.92 Å². The number of nitrogens with zero attached hydrogens (tertiary/aromatic N) is 3. The molecule has 7 nitrogen and oxygen atoms in total. The van der Waals surface area contributed by atoms with Crippen LogP contribution in [0.25, 0.3) is 0 Å². The van der Waals surface area contributed by atoms with Crippen molar-refractivity contribution in [2.45, 2.75) is 25.8 Å². The quantitative estimate of drug-likeness (QED) is 0.815. The van der Waals surface area contributed by atoms with Crippen molar-refractivity contribution < 1.29 is 14.7 Å². The van der Waals surface area contributed by atoms with Crippen LogP contribution in [-0.2, 0) is 11.8 Å². The molecule has 1 aromatic heterocycles. The largest absolute Gasteiger partial charge is 0.480 e. The van der Waals surface area contributed by atoms with E-state index in [4.69, 9.17) is 5.11 Å². The fourth-order valence-corrected chi connectivity index (χ4v) is 2.07. The van der Waals surface area contributed by atoms with Gasteiger partial charge in [-0.25, -0.2) is 9.59 Å². The Labute approximate surface area is 104 Å². The van der Waals surface area contributed by atoms with Gasteiger partial charge in [-0.1, -0.05) is 0 Å². The molecule has 0 spiro atoms. The van der Waals surface area contributed by atoms with Gasteiger partial charge < -0.3 is 10.0 Å². The molecule has 0 saturated carbocycles. The first-order valence-corrected chi connectivity index (χ1v) is 5.80. The van der Waals surface area contributed by atoms with Crippen molar-refractivity contribution in [2.24, 2.45) is 7.05 Å². The Kier molecular flexibility index (Phi) is 3.22. The lowest BCUT2D eigenvalue weighted by molar-refractivity contribution is -0.141. The highest BCUT2D eigenvalue weighted by Crippen LogP contribution is 2.19. The van der Waals surface area contributed by atoms with Gasteiger partial charge in [0, 0.05) is 25.4 Å². The summed E-state index contributed by atoms with van der Waals surface area (Å²) < 4.78 is 1.65. The van der Waals surface area contributed by atoms with Gasteiger partial charge in [0.1, 0.15) is 6.04 Å². The molecule has 2 N–H and O–H groups in total. The van der Waals surface area contributed by atoms with Crippen molar-refractivity contribution in [2.75, 3.05) is 11.9 Å². The van der Waals surface area contributed by atoms with Crippen molar-refractivity contribution >= 4 is 17.8 Å². The SMILES string of the molecule is Cc1cc(NC(=O)N2CCC[C@@H]2C(=O)O)nn1C. The summed E-state index contributed by atoms with van der Waals surface area (Å²) in [4.78, 5) is 24.3. The Hall–Kier alpha value is -2.05. The van der Waals surface area contributed by atoms with Crippen LogP contribution in [0.1, 0.15) is 18.5 Å². The standard InChI is InChI=1S/C11H16N4O3/c1-7-6-9(13-14(7)2)12-11(18)15-5-3-4-8(15)10(16)17/h6,8H,3-5H2,1-2H3,(H,16,17)(H,12,13,18)/t8-/m1/s1. The zero-order chi connectivity index (χ0) is 13.3. The van der Waals surface area contributed by atoms with E-state index in [1.165, 1.54) is 4.90 Å². The van der Waals surface area contributed by atoms with E-state index in [9.17, 15) is 9.59 Å². The number of carbonyl (C=O) groups excluding carboxylic acids is 1. The second kappa shape index (κ2) is 4.67. The summed E-state index contributed by atoms with van der Waals surface area (Å²) in [6.45, 7) is 2.34. The minimum absolute atomic E-state index is 0.405. The molecule has 1 saturated heterocycles. The molecule has 0 aromatic carbocycles. The molecule has 0 radical (unpaired) electrons. The summed E-state index contributed by atoms with van der Waals surface area (Å²) in [5.74, 6) is -0.518. The molecule has 0 unspecified atom stereocenters. The van der Waals surface area contributed by atoms with Gasteiger partial charge in [0.2, 0.25) is 0 Å². The summed E-state index contributed by atoms with van der Waals surface area (Å²) in [6.07, 6.45) is 1.22. The van der Waals surface area contributed by atoms with Gasteiger partial charge in [0.25, 0.3) is 0 Å². The average Bonchev–Trinajstić information content (AvgIpc) is 2.86. The van der Waals surface area contributed by atoms with Gasteiger partial charge in [-0.2, -0.15) is 5.10 Å². The summed E-state index contributed by atoms with van der Waals surface area (Å²) in [7, 11) is 1.78. The first-order valence-electron chi connectivity index (χ1n) is 5.80. The molecule has 18 heavy (non-hydrogen) atoms. The number of hydrogen-bond donors (Lipinski definition) is 2. The molecule has 7 heteroatoms. The molecule has 0 aliphatic carbocycles. The zero-order valence-electron chi connectivity index (χ0n) is 10.4. The Morgan fingerprint density at radius 1 is 1.56 bits per heavy atom. The van der Waals surface area contributed by atoms with Crippen molar-refractivity contribution in [3.63, 3.8) is 0 Å². The molecular weight excluding hydrogens is 236 g/mol. The highest BCUT2D eigenvalue weighted by Gasteiger charge is 2.34. The van der Waals surface area contributed by atoms with Crippen molar-refractivity contribution in [1.29, 1.82) is 0 Å². The summed E-state index contributed by atoms with van der Waals surface area (Å²) >= 11 is 0. The topological polar surface area (TPSA) is 87.5 Å². The summed E-state index contributed by atoms with van der Waals surface area (Å²) in [5.41, 5.74) is 0.918.